The number of carbonyl (C=O) groups excluding carboxylic acids is 1. The first-order chi connectivity index (χ1) is 9.65. The van der Waals surface area contributed by atoms with Crippen LogP contribution in [-0.2, 0) is 0 Å². The summed E-state index contributed by atoms with van der Waals surface area (Å²) in [4.78, 5) is 15.5. The molecular weight excluding hydrogens is 272 g/mol. The van der Waals surface area contributed by atoms with Crippen LogP contribution in [0, 0.1) is 6.92 Å². The molecule has 20 heavy (non-hydrogen) atoms. The minimum Gasteiger partial charge on any atom is -0.359 e. The molecule has 3 rings (SSSR count). The third kappa shape index (κ3) is 2.28. The Kier molecular flexibility index (Phi) is 3.20. The topological polar surface area (TPSA) is 44.9 Å². The lowest BCUT2D eigenvalue weighted by Gasteiger charge is -2.07. The van der Waals surface area contributed by atoms with Crippen molar-refractivity contribution in [2.24, 2.45) is 0 Å². The van der Waals surface area contributed by atoms with Crippen molar-refractivity contribution in [1.82, 2.24) is 4.98 Å². The number of aromatic amines is 1. The Hall–Kier alpha value is -2.26. The Labute approximate surface area is 121 Å². The van der Waals surface area contributed by atoms with Crippen molar-refractivity contribution < 1.29 is 4.79 Å². The van der Waals surface area contributed by atoms with E-state index >= 15 is 0 Å². The summed E-state index contributed by atoms with van der Waals surface area (Å²) < 4.78 is 0. The van der Waals surface area contributed by atoms with E-state index < -0.39 is 0 Å². The van der Waals surface area contributed by atoms with Crippen LogP contribution in [0.25, 0.3) is 10.9 Å². The Bertz CT molecular complexity index is 792. The first kappa shape index (κ1) is 12.8. The fourth-order valence-corrected chi connectivity index (χ4v) is 2.46. The minimum atomic E-state index is -0.207. The van der Waals surface area contributed by atoms with Gasteiger partial charge in [0, 0.05) is 16.6 Å². The molecule has 0 saturated carbocycles. The summed E-state index contributed by atoms with van der Waals surface area (Å²) in [7, 11) is 0. The average molecular weight is 285 g/mol. The van der Waals surface area contributed by atoms with Gasteiger partial charge in [0.1, 0.15) is 0 Å². The highest BCUT2D eigenvalue weighted by Gasteiger charge is 2.11. The number of rotatable bonds is 2. The predicted octanol–water partition coefficient (Wildman–Crippen LogP) is 4.38. The maximum atomic E-state index is 12.3. The van der Waals surface area contributed by atoms with Gasteiger partial charge in [-0.3, -0.25) is 4.79 Å². The average Bonchev–Trinajstić information content (AvgIpc) is 2.80. The summed E-state index contributed by atoms with van der Waals surface area (Å²) in [6, 6.07) is 14.8. The van der Waals surface area contributed by atoms with Crippen molar-refractivity contribution in [1.29, 1.82) is 0 Å². The molecule has 0 aliphatic carbocycles. The molecule has 0 fully saturated rings. The molecule has 0 spiro atoms. The molecule has 4 heteroatoms. The molecule has 2 N–H and O–H groups in total. The van der Waals surface area contributed by atoms with Crippen LogP contribution >= 0.6 is 11.6 Å². The molecular formula is C16H13ClN2O. The van der Waals surface area contributed by atoms with Crippen molar-refractivity contribution in [3.05, 3.63) is 64.8 Å². The van der Waals surface area contributed by atoms with Gasteiger partial charge in [0.15, 0.2) is 0 Å². The van der Waals surface area contributed by atoms with Gasteiger partial charge >= 0.3 is 0 Å². The molecule has 1 amide bonds. The quantitative estimate of drug-likeness (QED) is 0.720. The second kappa shape index (κ2) is 5.02. The van der Waals surface area contributed by atoms with Gasteiger partial charge < -0.3 is 10.3 Å². The second-order valence-electron chi connectivity index (χ2n) is 4.65. The SMILES string of the molecule is Cc1cc2c(NC(=O)c3ccccc3Cl)cccc2[nH]1. The molecule has 1 heterocycles. The highest BCUT2D eigenvalue weighted by molar-refractivity contribution is 6.34. The zero-order valence-corrected chi connectivity index (χ0v) is 11.7. The normalized spacial score (nSPS) is 10.7. The van der Waals surface area contributed by atoms with Gasteiger partial charge in [-0.1, -0.05) is 29.8 Å². The van der Waals surface area contributed by atoms with Crippen LogP contribution in [0.5, 0.6) is 0 Å². The number of fused-ring (bicyclic) bond motifs is 1. The van der Waals surface area contributed by atoms with Crippen LogP contribution in [-0.4, -0.2) is 10.9 Å². The summed E-state index contributed by atoms with van der Waals surface area (Å²) in [5.74, 6) is -0.207. The maximum absolute atomic E-state index is 12.3. The fourth-order valence-electron chi connectivity index (χ4n) is 2.24. The Morgan fingerprint density at radius 1 is 1.15 bits per heavy atom. The number of aryl methyl sites for hydroxylation is 1. The number of H-pyrrole nitrogens is 1. The van der Waals surface area contributed by atoms with E-state index in [0.717, 1.165) is 22.3 Å². The van der Waals surface area contributed by atoms with E-state index in [1.807, 2.05) is 31.2 Å². The van der Waals surface area contributed by atoms with Crippen molar-refractivity contribution in [3.8, 4) is 0 Å². The monoisotopic (exact) mass is 284 g/mol. The van der Waals surface area contributed by atoms with E-state index in [2.05, 4.69) is 10.3 Å². The van der Waals surface area contributed by atoms with Gasteiger partial charge in [0.25, 0.3) is 5.91 Å². The van der Waals surface area contributed by atoms with Crippen molar-refractivity contribution in [3.63, 3.8) is 0 Å². The van der Waals surface area contributed by atoms with E-state index in [9.17, 15) is 4.79 Å². The number of carbonyl (C=O) groups is 1. The highest BCUT2D eigenvalue weighted by Crippen LogP contribution is 2.25. The fraction of sp³-hybridized carbons (Fsp3) is 0.0625. The van der Waals surface area contributed by atoms with Crippen molar-refractivity contribution >= 4 is 34.1 Å². The van der Waals surface area contributed by atoms with Gasteiger partial charge in [0.2, 0.25) is 0 Å². The van der Waals surface area contributed by atoms with Crippen LogP contribution in [0.3, 0.4) is 0 Å². The number of hydrogen-bond acceptors (Lipinski definition) is 1. The molecule has 0 saturated heterocycles. The standard InChI is InChI=1S/C16H13ClN2O/c1-10-9-12-14(18-10)7-4-8-15(12)19-16(20)11-5-2-3-6-13(11)17/h2-9,18H,1H3,(H,19,20). The number of hydrogen-bond donors (Lipinski definition) is 2. The minimum absolute atomic E-state index is 0.207. The molecule has 3 aromatic rings. The zero-order chi connectivity index (χ0) is 14.1. The number of anilines is 1. The zero-order valence-electron chi connectivity index (χ0n) is 10.9. The smallest absolute Gasteiger partial charge is 0.257 e. The van der Waals surface area contributed by atoms with Crippen LogP contribution in [0.2, 0.25) is 5.02 Å². The molecule has 3 nitrogen and oxygen atoms in total. The lowest BCUT2D eigenvalue weighted by molar-refractivity contribution is 0.102. The molecule has 0 aliphatic heterocycles. The van der Waals surface area contributed by atoms with Gasteiger partial charge in [-0.15, -0.1) is 0 Å². The lowest BCUT2D eigenvalue weighted by Crippen LogP contribution is -2.12. The van der Waals surface area contributed by atoms with E-state index in [1.165, 1.54) is 0 Å². The molecule has 1 aromatic heterocycles. The number of aromatic nitrogens is 1. The summed E-state index contributed by atoms with van der Waals surface area (Å²) >= 11 is 6.04. The lowest BCUT2D eigenvalue weighted by atomic mass is 10.1. The molecule has 0 atom stereocenters. The first-order valence-corrected chi connectivity index (χ1v) is 6.67. The first-order valence-electron chi connectivity index (χ1n) is 6.29. The Morgan fingerprint density at radius 2 is 1.95 bits per heavy atom. The molecule has 0 aliphatic rings. The molecule has 2 aromatic carbocycles. The number of nitrogens with one attached hydrogen (secondary N) is 2. The highest BCUT2D eigenvalue weighted by atomic mass is 35.5. The third-order valence-electron chi connectivity index (χ3n) is 3.17. The number of halogens is 1. The van der Waals surface area contributed by atoms with E-state index in [1.54, 1.807) is 24.3 Å². The van der Waals surface area contributed by atoms with Crippen LogP contribution < -0.4 is 5.32 Å². The van der Waals surface area contributed by atoms with Crippen molar-refractivity contribution in [2.75, 3.05) is 5.32 Å². The van der Waals surface area contributed by atoms with E-state index in [0.29, 0.717) is 10.6 Å². The van der Waals surface area contributed by atoms with Crippen LogP contribution in [0.1, 0.15) is 16.1 Å². The Morgan fingerprint density at radius 3 is 2.75 bits per heavy atom. The largest absolute Gasteiger partial charge is 0.359 e. The van der Waals surface area contributed by atoms with Gasteiger partial charge in [-0.05, 0) is 37.3 Å². The summed E-state index contributed by atoms with van der Waals surface area (Å²) in [5, 5.41) is 4.35. The number of benzene rings is 2. The molecule has 0 unspecified atom stereocenters. The van der Waals surface area contributed by atoms with Crippen molar-refractivity contribution in [2.45, 2.75) is 6.92 Å². The van der Waals surface area contributed by atoms with E-state index in [4.69, 9.17) is 11.6 Å². The molecule has 0 bridgehead atoms. The number of amides is 1. The van der Waals surface area contributed by atoms with Gasteiger partial charge in [0.05, 0.1) is 16.3 Å². The summed E-state index contributed by atoms with van der Waals surface area (Å²) in [6.07, 6.45) is 0. The Balaban J connectivity index is 1.97. The summed E-state index contributed by atoms with van der Waals surface area (Å²) in [6.45, 7) is 1.99. The molecule has 100 valence electrons. The van der Waals surface area contributed by atoms with Crippen LogP contribution in [0.15, 0.2) is 48.5 Å². The molecule has 0 radical (unpaired) electrons. The third-order valence-corrected chi connectivity index (χ3v) is 3.50. The van der Waals surface area contributed by atoms with Crippen LogP contribution in [0.4, 0.5) is 5.69 Å². The van der Waals surface area contributed by atoms with Gasteiger partial charge in [-0.25, -0.2) is 0 Å². The van der Waals surface area contributed by atoms with Gasteiger partial charge in [-0.2, -0.15) is 0 Å². The summed E-state index contributed by atoms with van der Waals surface area (Å²) in [5.41, 5.74) is 3.30. The van der Waals surface area contributed by atoms with E-state index in [-0.39, 0.29) is 5.91 Å². The predicted molar refractivity (Wildman–Crippen MR) is 82.4 cm³/mol. The maximum Gasteiger partial charge on any atom is 0.257 e. The second-order valence-corrected chi connectivity index (χ2v) is 5.06.